The van der Waals surface area contributed by atoms with Crippen molar-refractivity contribution in [1.82, 2.24) is 15.1 Å². The minimum atomic E-state index is -0.890. The van der Waals surface area contributed by atoms with Crippen molar-refractivity contribution >= 4 is 22.5 Å². The first-order chi connectivity index (χ1) is 10.1. The summed E-state index contributed by atoms with van der Waals surface area (Å²) in [5, 5.41) is 18.8. The van der Waals surface area contributed by atoms with Crippen LogP contribution in [0.25, 0.3) is 0 Å². The van der Waals surface area contributed by atoms with Gasteiger partial charge < -0.3 is 14.7 Å². The monoisotopic (exact) mass is 306 g/mol. The Bertz CT molecular complexity index is 633. The van der Waals surface area contributed by atoms with Gasteiger partial charge in [0.2, 0.25) is 5.13 Å². The lowest BCUT2D eigenvalue weighted by atomic mass is 10.3. The molecule has 1 atom stereocenters. The fourth-order valence-electron chi connectivity index (χ4n) is 1.99. The summed E-state index contributed by atoms with van der Waals surface area (Å²) in [7, 11) is 1.63. The molecule has 1 aliphatic rings. The zero-order chi connectivity index (χ0) is 14.8. The van der Waals surface area contributed by atoms with Crippen LogP contribution in [0.1, 0.15) is 5.01 Å². The van der Waals surface area contributed by atoms with Gasteiger partial charge in [-0.3, -0.25) is 0 Å². The van der Waals surface area contributed by atoms with Crippen molar-refractivity contribution in [1.29, 1.82) is 0 Å². The van der Waals surface area contributed by atoms with E-state index in [1.54, 1.807) is 7.05 Å². The molecule has 2 amide bonds. The number of carbonyl (C=O) groups excluding carboxylic acids is 1. The number of para-hydroxylation sites is 1. The zero-order valence-corrected chi connectivity index (χ0v) is 12.2. The van der Waals surface area contributed by atoms with Crippen molar-refractivity contribution in [3.63, 3.8) is 0 Å². The summed E-state index contributed by atoms with van der Waals surface area (Å²) < 4.78 is 5.57. The van der Waals surface area contributed by atoms with Gasteiger partial charge >= 0.3 is 6.03 Å². The minimum absolute atomic E-state index is 0.258. The second-order valence-electron chi connectivity index (χ2n) is 4.59. The number of ether oxygens (including phenoxy) is 1. The second-order valence-corrected chi connectivity index (χ2v) is 5.63. The molecule has 1 aromatic heterocycles. The van der Waals surface area contributed by atoms with Crippen LogP contribution in [0.5, 0.6) is 5.75 Å². The molecule has 0 spiro atoms. The number of likely N-dealkylation sites (N-methyl/N-ethyl adjacent to an activating group) is 1. The molecule has 0 bridgehead atoms. The summed E-state index contributed by atoms with van der Waals surface area (Å²) in [6.07, 6.45) is -0.890. The van der Waals surface area contributed by atoms with Gasteiger partial charge in [-0.1, -0.05) is 29.5 Å². The molecule has 8 heteroatoms. The van der Waals surface area contributed by atoms with Crippen LogP contribution in [0.4, 0.5) is 9.93 Å². The third-order valence-electron chi connectivity index (χ3n) is 3.04. The van der Waals surface area contributed by atoms with Crippen molar-refractivity contribution in [2.24, 2.45) is 0 Å². The Hall–Kier alpha value is -2.19. The van der Waals surface area contributed by atoms with Gasteiger partial charge in [0.25, 0.3) is 0 Å². The smallest absolute Gasteiger partial charge is 0.328 e. The Balaban J connectivity index is 1.68. The standard InChI is InChI=1S/C13H14N4O3S/c1-16-7-11(18)17(13(16)19)12-15-14-10(21-12)8-20-9-5-3-2-4-6-9/h2-6,11,18H,7-8H2,1H3. The fraction of sp³-hybridized carbons (Fsp3) is 0.308. The first-order valence-electron chi connectivity index (χ1n) is 6.38. The molecule has 110 valence electrons. The van der Waals surface area contributed by atoms with Gasteiger partial charge in [-0.05, 0) is 12.1 Å². The number of nitrogens with zero attached hydrogens (tertiary/aromatic N) is 4. The molecule has 1 saturated heterocycles. The summed E-state index contributed by atoms with van der Waals surface area (Å²) >= 11 is 1.23. The van der Waals surface area contributed by atoms with E-state index in [0.717, 1.165) is 5.75 Å². The van der Waals surface area contributed by atoms with E-state index < -0.39 is 6.23 Å². The number of β-amino-alcohol motifs (C(OH)–C–C–N with tert-alkyl or cyclic N) is 1. The SMILES string of the molecule is CN1CC(O)N(c2nnc(COc3ccccc3)s2)C1=O. The largest absolute Gasteiger partial charge is 0.486 e. The first kappa shape index (κ1) is 13.8. The molecular formula is C13H14N4O3S. The van der Waals surface area contributed by atoms with Crippen molar-refractivity contribution < 1.29 is 14.6 Å². The highest BCUT2D eigenvalue weighted by Gasteiger charge is 2.37. The lowest BCUT2D eigenvalue weighted by molar-refractivity contribution is 0.183. The Labute approximate surface area is 125 Å². The van der Waals surface area contributed by atoms with Crippen LogP contribution in [0.15, 0.2) is 30.3 Å². The third kappa shape index (κ3) is 2.81. The zero-order valence-electron chi connectivity index (χ0n) is 11.3. The number of urea groups is 1. The topological polar surface area (TPSA) is 78.8 Å². The first-order valence-corrected chi connectivity index (χ1v) is 7.19. The molecule has 2 aromatic rings. The lowest BCUT2D eigenvalue weighted by Crippen LogP contribution is -2.34. The maximum Gasteiger partial charge on any atom is 0.328 e. The Kier molecular flexibility index (Phi) is 3.72. The molecule has 1 N–H and O–H groups in total. The van der Waals surface area contributed by atoms with E-state index in [-0.39, 0.29) is 19.2 Å². The number of anilines is 1. The van der Waals surface area contributed by atoms with Crippen molar-refractivity contribution in [3.8, 4) is 5.75 Å². The van der Waals surface area contributed by atoms with E-state index in [9.17, 15) is 9.90 Å². The van der Waals surface area contributed by atoms with E-state index in [2.05, 4.69) is 10.2 Å². The Morgan fingerprint density at radius 3 is 2.81 bits per heavy atom. The maximum atomic E-state index is 11.9. The van der Waals surface area contributed by atoms with Gasteiger partial charge in [0.1, 0.15) is 12.4 Å². The normalized spacial score (nSPS) is 18.4. The molecular weight excluding hydrogens is 292 g/mol. The molecule has 1 unspecified atom stereocenters. The number of hydrogen-bond acceptors (Lipinski definition) is 6. The number of aromatic nitrogens is 2. The predicted octanol–water partition coefficient (Wildman–Crippen LogP) is 1.31. The molecule has 2 heterocycles. The number of amides is 2. The van der Waals surface area contributed by atoms with Crippen LogP contribution in [0.2, 0.25) is 0 Å². The molecule has 1 fully saturated rings. The summed E-state index contributed by atoms with van der Waals surface area (Å²) in [5.41, 5.74) is 0. The molecule has 3 rings (SSSR count). The maximum absolute atomic E-state index is 11.9. The summed E-state index contributed by atoms with van der Waals surface area (Å²) in [4.78, 5) is 14.6. The average molecular weight is 306 g/mol. The summed E-state index contributed by atoms with van der Waals surface area (Å²) in [5.74, 6) is 0.742. The molecule has 1 aliphatic heterocycles. The van der Waals surface area contributed by atoms with E-state index in [4.69, 9.17) is 4.74 Å². The van der Waals surface area contributed by atoms with Gasteiger partial charge in [0.05, 0.1) is 6.54 Å². The highest BCUT2D eigenvalue weighted by Crippen LogP contribution is 2.27. The lowest BCUT2D eigenvalue weighted by Gasteiger charge is -2.14. The number of rotatable bonds is 4. The van der Waals surface area contributed by atoms with Crippen LogP contribution in [-0.4, -0.2) is 46.1 Å². The van der Waals surface area contributed by atoms with Crippen LogP contribution in [-0.2, 0) is 6.61 Å². The molecule has 21 heavy (non-hydrogen) atoms. The van der Waals surface area contributed by atoms with Gasteiger partial charge in [-0.15, -0.1) is 10.2 Å². The number of carbonyl (C=O) groups is 1. The highest BCUT2D eigenvalue weighted by atomic mass is 32.1. The van der Waals surface area contributed by atoms with E-state index in [0.29, 0.717) is 10.1 Å². The second kappa shape index (κ2) is 5.66. The number of benzene rings is 1. The van der Waals surface area contributed by atoms with Crippen LogP contribution < -0.4 is 9.64 Å². The van der Waals surface area contributed by atoms with Crippen LogP contribution in [0.3, 0.4) is 0 Å². The van der Waals surface area contributed by atoms with Gasteiger partial charge in [0, 0.05) is 7.05 Å². The number of aliphatic hydroxyl groups is 1. The van der Waals surface area contributed by atoms with E-state index in [1.165, 1.54) is 21.1 Å². The van der Waals surface area contributed by atoms with Gasteiger partial charge in [-0.2, -0.15) is 0 Å². The molecule has 0 radical (unpaired) electrons. The van der Waals surface area contributed by atoms with Gasteiger partial charge in [-0.25, -0.2) is 9.69 Å². The predicted molar refractivity (Wildman–Crippen MR) is 77.2 cm³/mol. The van der Waals surface area contributed by atoms with Crippen molar-refractivity contribution in [3.05, 3.63) is 35.3 Å². The molecule has 1 aromatic carbocycles. The Morgan fingerprint density at radius 1 is 1.38 bits per heavy atom. The minimum Gasteiger partial charge on any atom is -0.486 e. The van der Waals surface area contributed by atoms with Crippen LogP contribution in [0, 0.1) is 0 Å². The molecule has 7 nitrogen and oxygen atoms in total. The van der Waals surface area contributed by atoms with E-state index >= 15 is 0 Å². The summed E-state index contributed by atoms with van der Waals surface area (Å²) in [6.45, 7) is 0.532. The highest BCUT2D eigenvalue weighted by molar-refractivity contribution is 7.15. The summed E-state index contributed by atoms with van der Waals surface area (Å²) in [6, 6.07) is 9.10. The number of aliphatic hydroxyl groups excluding tert-OH is 1. The average Bonchev–Trinajstić information content (AvgIpc) is 3.03. The van der Waals surface area contributed by atoms with E-state index in [1.807, 2.05) is 30.3 Å². The quantitative estimate of drug-likeness (QED) is 0.921. The Morgan fingerprint density at radius 2 is 2.14 bits per heavy atom. The molecule has 0 saturated carbocycles. The number of hydrogen-bond donors (Lipinski definition) is 1. The van der Waals surface area contributed by atoms with Crippen molar-refractivity contribution in [2.45, 2.75) is 12.8 Å². The fourth-order valence-corrected chi connectivity index (χ4v) is 2.78. The third-order valence-corrected chi connectivity index (χ3v) is 3.93. The molecule has 0 aliphatic carbocycles. The van der Waals surface area contributed by atoms with Gasteiger partial charge in [0.15, 0.2) is 11.2 Å². The van der Waals surface area contributed by atoms with Crippen molar-refractivity contribution in [2.75, 3.05) is 18.5 Å². The van der Waals surface area contributed by atoms with Crippen LogP contribution >= 0.6 is 11.3 Å².